The highest BCUT2D eigenvalue weighted by atomic mass is 32.2. The number of benzene rings is 1. The Balaban J connectivity index is 1.08. The zero-order chi connectivity index (χ0) is 33.1. The lowest BCUT2D eigenvalue weighted by atomic mass is 9.75. The zero-order valence-electron chi connectivity index (χ0n) is 25.8. The van der Waals surface area contributed by atoms with Crippen molar-refractivity contribution >= 4 is 33.2 Å². The van der Waals surface area contributed by atoms with Gasteiger partial charge in [-0.3, -0.25) is 14.5 Å². The molecule has 3 N–H and O–H groups in total. The minimum Gasteiger partial charge on any atom is -0.480 e. The number of fused-ring (bicyclic) bond motifs is 3. The molecular formula is C31H37F3N6O6S. The number of ether oxygens (including phenoxy) is 2. The van der Waals surface area contributed by atoms with Gasteiger partial charge in [-0.1, -0.05) is 6.07 Å². The molecule has 0 unspecified atom stereocenters. The molecule has 0 radical (unpaired) electrons. The summed E-state index contributed by atoms with van der Waals surface area (Å²) in [5, 5.41) is 9.17. The first-order valence-electron chi connectivity index (χ1n) is 15.9. The average Bonchev–Trinajstić information content (AvgIpc) is 3.81. The van der Waals surface area contributed by atoms with Crippen molar-refractivity contribution in [2.75, 3.05) is 44.0 Å². The molecule has 2 heterocycles. The van der Waals surface area contributed by atoms with Crippen LogP contribution in [-0.2, 0) is 19.4 Å². The minimum atomic E-state index is -5.59. The van der Waals surface area contributed by atoms with E-state index in [4.69, 9.17) is 9.47 Å². The molecule has 254 valence electrons. The van der Waals surface area contributed by atoms with Gasteiger partial charge in [0.15, 0.2) is 0 Å². The van der Waals surface area contributed by atoms with Gasteiger partial charge in [0.2, 0.25) is 11.8 Å². The maximum Gasteiger partial charge on any atom is 0.501 e. The minimum absolute atomic E-state index is 0.0131. The van der Waals surface area contributed by atoms with Crippen molar-refractivity contribution < 1.29 is 40.7 Å². The van der Waals surface area contributed by atoms with Crippen LogP contribution in [0.25, 0.3) is 0 Å². The van der Waals surface area contributed by atoms with Gasteiger partial charge in [-0.05, 0) is 74.5 Å². The van der Waals surface area contributed by atoms with Crippen molar-refractivity contribution in [3.63, 3.8) is 0 Å². The molecule has 16 heteroatoms. The van der Waals surface area contributed by atoms with Gasteiger partial charge >= 0.3 is 5.51 Å². The van der Waals surface area contributed by atoms with Gasteiger partial charge in [-0.25, -0.2) is 18.4 Å². The molecule has 6 fully saturated rings. The fraction of sp³-hybridized carbons (Fsp3) is 0.613. The number of sulfone groups is 1. The zero-order valence-corrected chi connectivity index (χ0v) is 26.6. The summed E-state index contributed by atoms with van der Waals surface area (Å²) in [7, 11) is -4.17. The standard InChI is InChI=1S/C31H37F3N6O6S/c1-45-29-24(26(35-16-36-29)38-22-15-30(13-19(22)14-30)40-7-9-46-10-8-40)28(42)39-25-18-6-5-17(11-18)23(25)27(41)37-20-3-2-4-21(12-20)47(43,44)31(32,33)34/h2-4,12,16-19,22-23,25H,5-11,13-15H2,1H3,(H,37,41)(H,39,42)(H,35,36,38)/t17-,18+,19?,22+,23+,25-,30?/m1/s1. The summed E-state index contributed by atoms with van der Waals surface area (Å²) in [5.74, 6) is -0.818. The molecule has 2 aromatic rings. The van der Waals surface area contributed by atoms with Crippen LogP contribution in [-0.4, -0.2) is 91.6 Å². The Morgan fingerprint density at radius 3 is 2.53 bits per heavy atom. The number of carbonyl (C=O) groups is 2. The lowest BCUT2D eigenvalue weighted by Gasteiger charge is -2.49. The molecular weight excluding hydrogens is 641 g/mol. The molecule has 0 spiro atoms. The average molecular weight is 679 g/mol. The highest BCUT2D eigenvalue weighted by Gasteiger charge is 2.59. The molecule has 1 aliphatic heterocycles. The predicted molar refractivity (Wildman–Crippen MR) is 162 cm³/mol. The molecule has 2 amide bonds. The number of methoxy groups -OCH3 is 1. The number of nitrogens with zero attached hydrogens (tertiary/aromatic N) is 3. The highest BCUT2D eigenvalue weighted by Crippen LogP contribution is 2.56. The third-order valence-corrected chi connectivity index (χ3v) is 12.4. The molecule has 4 bridgehead atoms. The summed E-state index contributed by atoms with van der Waals surface area (Å²) in [5.41, 5.74) is -5.28. The first-order chi connectivity index (χ1) is 22.4. The number of alkyl halides is 3. The van der Waals surface area contributed by atoms with Gasteiger partial charge in [-0.15, -0.1) is 0 Å². The molecule has 47 heavy (non-hydrogen) atoms. The van der Waals surface area contributed by atoms with Crippen LogP contribution in [0.5, 0.6) is 5.88 Å². The van der Waals surface area contributed by atoms with Gasteiger partial charge in [-0.2, -0.15) is 13.2 Å². The van der Waals surface area contributed by atoms with Crippen LogP contribution in [0.15, 0.2) is 35.5 Å². The molecule has 1 aromatic heterocycles. The summed E-state index contributed by atoms with van der Waals surface area (Å²) < 4.78 is 74.3. The van der Waals surface area contributed by atoms with Gasteiger partial charge in [0, 0.05) is 36.4 Å². The second-order valence-electron chi connectivity index (χ2n) is 13.4. The smallest absolute Gasteiger partial charge is 0.480 e. The number of nitrogens with one attached hydrogen (secondary N) is 3. The number of hydrogen-bond donors (Lipinski definition) is 3. The largest absolute Gasteiger partial charge is 0.501 e. The molecule has 5 atom stereocenters. The molecule has 6 aliphatic rings. The number of morpholine rings is 1. The highest BCUT2D eigenvalue weighted by molar-refractivity contribution is 7.92. The van der Waals surface area contributed by atoms with E-state index in [0.29, 0.717) is 18.2 Å². The number of amides is 2. The molecule has 1 saturated heterocycles. The quantitative estimate of drug-likeness (QED) is 0.361. The summed E-state index contributed by atoms with van der Waals surface area (Å²) in [4.78, 5) is 37.8. The van der Waals surface area contributed by atoms with E-state index in [0.717, 1.165) is 76.6 Å². The summed E-state index contributed by atoms with van der Waals surface area (Å²) in [6.07, 6.45) is 6.67. The van der Waals surface area contributed by atoms with Crippen LogP contribution in [0.3, 0.4) is 0 Å². The van der Waals surface area contributed by atoms with Gasteiger partial charge in [0.05, 0.1) is 31.1 Å². The van der Waals surface area contributed by atoms with Crippen LogP contribution in [0.4, 0.5) is 24.7 Å². The van der Waals surface area contributed by atoms with Crippen molar-refractivity contribution in [1.29, 1.82) is 0 Å². The van der Waals surface area contributed by atoms with E-state index in [1.54, 1.807) is 0 Å². The third kappa shape index (κ3) is 5.61. The van der Waals surface area contributed by atoms with E-state index < -0.39 is 44.0 Å². The summed E-state index contributed by atoms with van der Waals surface area (Å²) in [6.45, 7) is 3.27. The van der Waals surface area contributed by atoms with Crippen molar-refractivity contribution in [3.8, 4) is 5.88 Å². The molecule has 1 aromatic carbocycles. The second-order valence-corrected chi connectivity index (χ2v) is 15.3. The topological polar surface area (TPSA) is 152 Å². The third-order valence-electron chi connectivity index (χ3n) is 10.9. The number of hydrogen-bond acceptors (Lipinski definition) is 10. The molecule has 8 rings (SSSR count). The lowest BCUT2D eigenvalue weighted by molar-refractivity contribution is -0.122. The maximum atomic E-state index is 14.0. The van der Waals surface area contributed by atoms with E-state index in [2.05, 4.69) is 30.8 Å². The molecule has 12 nitrogen and oxygen atoms in total. The lowest BCUT2D eigenvalue weighted by Crippen LogP contribution is -2.56. The van der Waals surface area contributed by atoms with Gasteiger partial charge in [0.25, 0.3) is 15.7 Å². The fourth-order valence-corrected chi connectivity index (χ4v) is 9.56. The monoisotopic (exact) mass is 678 g/mol. The van der Waals surface area contributed by atoms with E-state index in [9.17, 15) is 31.2 Å². The van der Waals surface area contributed by atoms with E-state index >= 15 is 0 Å². The first kappa shape index (κ1) is 32.1. The van der Waals surface area contributed by atoms with Crippen LogP contribution >= 0.6 is 0 Å². The number of halogens is 3. The summed E-state index contributed by atoms with van der Waals surface area (Å²) in [6, 6.07) is 3.64. The van der Waals surface area contributed by atoms with Gasteiger partial charge < -0.3 is 25.4 Å². The van der Waals surface area contributed by atoms with Crippen molar-refractivity contribution in [2.45, 2.75) is 66.6 Å². The van der Waals surface area contributed by atoms with Crippen LogP contribution in [0.1, 0.15) is 48.9 Å². The Bertz CT molecular complexity index is 1660. The normalized spacial score (nSPS) is 31.7. The Kier molecular flexibility index (Phi) is 8.10. The Morgan fingerprint density at radius 1 is 1.06 bits per heavy atom. The fourth-order valence-electron chi connectivity index (χ4n) is 8.75. The van der Waals surface area contributed by atoms with Crippen LogP contribution < -0.4 is 20.7 Å². The van der Waals surface area contributed by atoms with E-state index in [-0.39, 0.29) is 40.5 Å². The Hall–Kier alpha value is -3.50. The Labute approximate surface area is 270 Å². The van der Waals surface area contributed by atoms with Crippen molar-refractivity contribution in [2.24, 2.45) is 23.7 Å². The molecule has 5 aliphatic carbocycles. The number of anilines is 2. The van der Waals surface area contributed by atoms with Crippen molar-refractivity contribution in [1.82, 2.24) is 20.2 Å². The van der Waals surface area contributed by atoms with E-state index in [1.807, 2.05) is 0 Å². The van der Waals surface area contributed by atoms with Crippen LogP contribution in [0.2, 0.25) is 0 Å². The predicted octanol–water partition coefficient (Wildman–Crippen LogP) is 3.23. The van der Waals surface area contributed by atoms with E-state index in [1.165, 1.54) is 19.5 Å². The second kappa shape index (κ2) is 11.9. The van der Waals surface area contributed by atoms with Crippen LogP contribution in [0, 0.1) is 23.7 Å². The maximum absolute atomic E-state index is 14.0. The van der Waals surface area contributed by atoms with Gasteiger partial charge in [0.1, 0.15) is 17.7 Å². The summed E-state index contributed by atoms with van der Waals surface area (Å²) >= 11 is 0. The number of carbonyl (C=O) groups excluding carboxylic acids is 2. The SMILES string of the molecule is COc1ncnc(N[C@H]2CC3(N4CCOCC4)CC2C3)c1C(=O)N[C@@H]1[C@H]2CC[C@H](C2)[C@@H]1C(=O)Nc1cccc(S(=O)(=O)C(F)(F)F)c1. The number of rotatable bonds is 9. The molecule has 5 saturated carbocycles. The number of aromatic nitrogens is 2. The Morgan fingerprint density at radius 2 is 1.81 bits per heavy atom. The van der Waals surface area contributed by atoms with Crippen molar-refractivity contribution in [3.05, 3.63) is 36.2 Å². The first-order valence-corrected chi connectivity index (χ1v) is 17.4.